The number of carbonyl (C=O) groups excluding carboxylic acids is 1. The van der Waals surface area contributed by atoms with Crippen LogP contribution in [0.25, 0.3) is 0 Å². The fourth-order valence-corrected chi connectivity index (χ4v) is 1.72. The number of halogens is 1. The average molecular weight is 277 g/mol. The van der Waals surface area contributed by atoms with E-state index in [9.17, 15) is 13.2 Å². The Balaban J connectivity index is 2.79. The number of nitrogens with one attached hydrogen (secondary N) is 1. The number of nitrogens with two attached hydrogens (primary N) is 1. The van der Waals surface area contributed by atoms with Crippen molar-refractivity contribution in [2.24, 2.45) is 11.1 Å². The monoisotopic (exact) mass is 276 g/mol. The number of sulfonamides is 1. The van der Waals surface area contributed by atoms with Crippen molar-refractivity contribution in [2.75, 3.05) is 11.2 Å². The second-order valence-electron chi connectivity index (χ2n) is 3.61. The number of benzene rings is 1. The number of hydrogen-bond donors (Lipinski definition) is 2. The van der Waals surface area contributed by atoms with Gasteiger partial charge in [0, 0.05) is 17.5 Å². The summed E-state index contributed by atoms with van der Waals surface area (Å²) in [6.45, 7) is 1.70. The number of carbonyl (C=O) groups is 1. The molecule has 1 rings (SSSR count). The summed E-state index contributed by atoms with van der Waals surface area (Å²) < 4.78 is 22.0. The standard InChI is InChI=1S/C10H13ClN2O3S/c1-7(6-11)10(14)13-8-2-4-9(5-3-8)17(12,15)16/h2-5,7H,6H2,1H3,(H,13,14)(H2,12,15,16). The van der Waals surface area contributed by atoms with E-state index >= 15 is 0 Å². The quantitative estimate of drug-likeness (QED) is 0.809. The number of anilines is 1. The topological polar surface area (TPSA) is 89.3 Å². The fraction of sp³-hybridized carbons (Fsp3) is 0.300. The highest BCUT2D eigenvalue weighted by molar-refractivity contribution is 7.89. The summed E-state index contributed by atoms with van der Waals surface area (Å²) in [5.74, 6) is -0.306. The maximum atomic E-state index is 11.5. The lowest BCUT2D eigenvalue weighted by molar-refractivity contribution is -0.118. The Hall–Kier alpha value is -1.11. The molecule has 5 nitrogen and oxygen atoms in total. The van der Waals surface area contributed by atoms with Gasteiger partial charge in [-0.1, -0.05) is 6.92 Å². The number of rotatable bonds is 4. The normalized spacial score (nSPS) is 13.1. The Kier molecular flexibility index (Phi) is 4.50. The molecule has 3 N–H and O–H groups in total. The summed E-state index contributed by atoms with van der Waals surface area (Å²) in [6.07, 6.45) is 0. The first-order valence-electron chi connectivity index (χ1n) is 4.84. The van der Waals surface area contributed by atoms with Crippen molar-refractivity contribution in [1.29, 1.82) is 0 Å². The molecule has 0 radical (unpaired) electrons. The summed E-state index contributed by atoms with van der Waals surface area (Å²) >= 11 is 5.54. The van der Waals surface area contributed by atoms with Crippen LogP contribution in [0.1, 0.15) is 6.92 Å². The van der Waals surface area contributed by atoms with Crippen molar-refractivity contribution < 1.29 is 13.2 Å². The van der Waals surface area contributed by atoms with Gasteiger partial charge in [-0.25, -0.2) is 13.6 Å². The number of primary sulfonamides is 1. The summed E-state index contributed by atoms with van der Waals surface area (Å²) in [5.41, 5.74) is 0.499. The minimum absolute atomic E-state index is 0.000825. The summed E-state index contributed by atoms with van der Waals surface area (Å²) in [7, 11) is -3.70. The first-order chi connectivity index (χ1) is 7.84. The zero-order valence-corrected chi connectivity index (χ0v) is 10.8. The van der Waals surface area contributed by atoms with Crippen LogP contribution in [0.4, 0.5) is 5.69 Å². The van der Waals surface area contributed by atoms with Crippen LogP contribution in [0.2, 0.25) is 0 Å². The van der Waals surface area contributed by atoms with Crippen LogP contribution in [-0.2, 0) is 14.8 Å². The Labute approximate surface area is 105 Å². The van der Waals surface area contributed by atoms with Crippen LogP contribution >= 0.6 is 11.6 Å². The molecule has 1 aromatic rings. The molecular formula is C10H13ClN2O3S. The average Bonchev–Trinajstić information content (AvgIpc) is 2.27. The Morgan fingerprint density at radius 3 is 2.35 bits per heavy atom. The lowest BCUT2D eigenvalue weighted by Gasteiger charge is -2.09. The lowest BCUT2D eigenvalue weighted by Crippen LogP contribution is -2.21. The van der Waals surface area contributed by atoms with Gasteiger partial charge in [0.2, 0.25) is 15.9 Å². The second-order valence-corrected chi connectivity index (χ2v) is 5.48. The molecule has 0 saturated heterocycles. The van der Waals surface area contributed by atoms with Gasteiger partial charge in [0.05, 0.1) is 4.90 Å². The summed E-state index contributed by atoms with van der Waals surface area (Å²) in [6, 6.07) is 5.60. The van der Waals surface area contributed by atoms with E-state index in [-0.39, 0.29) is 22.6 Å². The molecule has 0 bridgehead atoms. The van der Waals surface area contributed by atoms with Crippen molar-refractivity contribution in [3.63, 3.8) is 0 Å². The van der Waals surface area contributed by atoms with Crippen LogP contribution in [0, 0.1) is 5.92 Å². The van der Waals surface area contributed by atoms with Crippen molar-refractivity contribution in [1.82, 2.24) is 0 Å². The molecule has 7 heteroatoms. The highest BCUT2D eigenvalue weighted by Crippen LogP contribution is 2.13. The van der Waals surface area contributed by atoms with Gasteiger partial charge in [0.15, 0.2) is 0 Å². The molecule has 1 amide bonds. The van der Waals surface area contributed by atoms with Gasteiger partial charge in [0.1, 0.15) is 0 Å². The number of hydrogen-bond acceptors (Lipinski definition) is 3. The highest BCUT2D eigenvalue weighted by atomic mass is 35.5. The predicted octanol–water partition coefficient (Wildman–Crippen LogP) is 1.15. The smallest absolute Gasteiger partial charge is 0.238 e. The van der Waals surface area contributed by atoms with E-state index in [0.717, 1.165) is 0 Å². The van der Waals surface area contributed by atoms with Gasteiger partial charge in [-0.15, -0.1) is 11.6 Å². The van der Waals surface area contributed by atoms with Gasteiger partial charge in [-0.3, -0.25) is 4.79 Å². The molecule has 1 aromatic carbocycles. The van der Waals surface area contributed by atoms with E-state index in [1.54, 1.807) is 6.92 Å². The van der Waals surface area contributed by atoms with Gasteiger partial charge in [-0.2, -0.15) is 0 Å². The van der Waals surface area contributed by atoms with E-state index in [4.69, 9.17) is 16.7 Å². The van der Waals surface area contributed by atoms with Crippen molar-refractivity contribution in [3.8, 4) is 0 Å². The van der Waals surface area contributed by atoms with E-state index in [2.05, 4.69) is 5.32 Å². The summed E-state index contributed by atoms with van der Waals surface area (Å²) in [5, 5.41) is 7.56. The molecule has 0 fully saturated rings. The van der Waals surface area contributed by atoms with Crippen LogP contribution in [0.3, 0.4) is 0 Å². The molecule has 0 aliphatic heterocycles. The van der Waals surface area contributed by atoms with Crippen molar-refractivity contribution in [3.05, 3.63) is 24.3 Å². The predicted molar refractivity (Wildman–Crippen MR) is 66.3 cm³/mol. The Morgan fingerprint density at radius 1 is 1.41 bits per heavy atom. The van der Waals surface area contributed by atoms with Gasteiger partial charge >= 0.3 is 0 Å². The zero-order chi connectivity index (χ0) is 13.1. The van der Waals surface area contributed by atoms with Crippen LogP contribution in [0.15, 0.2) is 29.2 Å². The van der Waals surface area contributed by atoms with E-state index < -0.39 is 10.0 Å². The molecule has 0 spiro atoms. The third kappa shape index (κ3) is 3.99. The maximum Gasteiger partial charge on any atom is 0.238 e. The van der Waals surface area contributed by atoms with Gasteiger partial charge in [-0.05, 0) is 24.3 Å². The second kappa shape index (κ2) is 5.48. The molecule has 94 valence electrons. The summed E-state index contributed by atoms with van der Waals surface area (Å²) in [4.78, 5) is 11.5. The number of alkyl halides is 1. The molecule has 0 aliphatic carbocycles. The van der Waals surface area contributed by atoms with Crippen LogP contribution < -0.4 is 10.5 Å². The van der Waals surface area contributed by atoms with Gasteiger partial charge < -0.3 is 5.32 Å². The molecule has 0 aliphatic rings. The Bertz CT molecular complexity index is 499. The van der Waals surface area contributed by atoms with Gasteiger partial charge in [0.25, 0.3) is 0 Å². The van der Waals surface area contributed by atoms with Crippen molar-refractivity contribution in [2.45, 2.75) is 11.8 Å². The van der Waals surface area contributed by atoms with Crippen LogP contribution in [0.5, 0.6) is 0 Å². The molecule has 17 heavy (non-hydrogen) atoms. The molecule has 0 heterocycles. The zero-order valence-electron chi connectivity index (χ0n) is 9.18. The maximum absolute atomic E-state index is 11.5. The van der Waals surface area contributed by atoms with Crippen molar-refractivity contribution >= 4 is 33.2 Å². The SMILES string of the molecule is CC(CCl)C(=O)Nc1ccc(S(N)(=O)=O)cc1. The molecule has 1 atom stereocenters. The van der Waals surface area contributed by atoms with Crippen LogP contribution in [-0.4, -0.2) is 20.2 Å². The fourth-order valence-electron chi connectivity index (χ4n) is 1.06. The first-order valence-corrected chi connectivity index (χ1v) is 6.92. The third-order valence-electron chi connectivity index (χ3n) is 2.13. The molecular weight excluding hydrogens is 264 g/mol. The minimum atomic E-state index is -3.70. The minimum Gasteiger partial charge on any atom is -0.326 e. The molecule has 0 aromatic heterocycles. The molecule has 0 saturated carbocycles. The Morgan fingerprint density at radius 2 is 1.94 bits per heavy atom. The lowest BCUT2D eigenvalue weighted by atomic mass is 10.2. The number of amides is 1. The largest absolute Gasteiger partial charge is 0.326 e. The first kappa shape index (κ1) is 14.0. The molecule has 1 unspecified atom stereocenters. The van der Waals surface area contributed by atoms with E-state index in [1.807, 2.05) is 0 Å². The van der Waals surface area contributed by atoms with E-state index in [0.29, 0.717) is 5.69 Å². The van der Waals surface area contributed by atoms with E-state index in [1.165, 1.54) is 24.3 Å². The third-order valence-corrected chi connectivity index (χ3v) is 3.52. The highest BCUT2D eigenvalue weighted by Gasteiger charge is 2.12.